The van der Waals surface area contributed by atoms with E-state index in [2.05, 4.69) is 17.1 Å². The Morgan fingerprint density at radius 1 is 1.29 bits per heavy atom. The first-order valence-electron chi connectivity index (χ1n) is 6.45. The highest BCUT2D eigenvalue weighted by Gasteiger charge is 2.14. The van der Waals surface area contributed by atoms with Crippen LogP contribution in [0.1, 0.15) is 19.3 Å². The standard InChI is InChI=1S/C14H21NOS/c1-2-6-13(7-3-1)16-10-5-9-15-12-14-8-4-11-17-14/h1-3,6-7,14-15H,4-5,8-12H2. The summed E-state index contributed by atoms with van der Waals surface area (Å²) in [5.41, 5.74) is 0. The molecule has 2 nitrogen and oxygen atoms in total. The number of hydrogen-bond donors (Lipinski definition) is 1. The van der Waals surface area contributed by atoms with Crippen LogP contribution in [0.15, 0.2) is 30.3 Å². The van der Waals surface area contributed by atoms with Gasteiger partial charge in [0.2, 0.25) is 0 Å². The monoisotopic (exact) mass is 251 g/mol. The third-order valence-electron chi connectivity index (χ3n) is 2.91. The number of nitrogens with one attached hydrogen (secondary N) is 1. The van der Waals surface area contributed by atoms with E-state index in [9.17, 15) is 0 Å². The Balaban J connectivity index is 1.46. The van der Waals surface area contributed by atoms with Crippen LogP contribution >= 0.6 is 11.8 Å². The molecule has 1 aromatic carbocycles. The van der Waals surface area contributed by atoms with Crippen molar-refractivity contribution in [3.8, 4) is 5.75 Å². The van der Waals surface area contributed by atoms with E-state index in [1.54, 1.807) is 0 Å². The first kappa shape index (κ1) is 12.8. The Labute approximate surface area is 108 Å². The molecule has 1 aliphatic heterocycles. The highest BCUT2D eigenvalue weighted by Crippen LogP contribution is 2.25. The molecule has 1 unspecified atom stereocenters. The van der Waals surface area contributed by atoms with Gasteiger partial charge >= 0.3 is 0 Å². The van der Waals surface area contributed by atoms with Gasteiger partial charge in [0.05, 0.1) is 6.61 Å². The molecule has 1 heterocycles. The average molecular weight is 251 g/mol. The predicted molar refractivity (Wildman–Crippen MR) is 74.9 cm³/mol. The number of ether oxygens (including phenoxy) is 1. The minimum Gasteiger partial charge on any atom is -0.494 e. The van der Waals surface area contributed by atoms with Crippen molar-refractivity contribution in [3.63, 3.8) is 0 Å². The number of rotatable bonds is 7. The van der Waals surface area contributed by atoms with Gasteiger partial charge in [-0.3, -0.25) is 0 Å². The second kappa shape index (κ2) is 7.62. The molecule has 17 heavy (non-hydrogen) atoms. The predicted octanol–water partition coefficient (Wildman–Crippen LogP) is 2.94. The maximum absolute atomic E-state index is 5.63. The lowest BCUT2D eigenvalue weighted by Crippen LogP contribution is -2.25. The summed E-state index contributed by atoms with van der Waals surface area (Å²) in [5, 5.41) is 4.36. The molecule has 1 aromatic rings. The molecule has 1 aliphatic rings. The SMILES string of the molecule is c1ccc(OCCCNCC2CCCS2)cc1. The lowest BCUT2D eigenvalue weighted by molar-refractivity contribution is 0.308. The van der Waals surface area contributed by atoms with Gasteiger partial charge in [0.15, 0.2) is 0 Å². The van der Waals surface area contributed by atoms with Gasteiger partial charge in [0, 0.05) is 11.8 Å². The number of thioether (sulfide) groups is 1. The zero-order valence-corrected chi connectivity index (χ0v) is 11.0. The Morgan fingerprint density at radius 3 is 2.94 bits per heavy atom. The maximum Gasteiger partial charge on any atom is 0.119 e. The molecule has 0 saturated carbocycles. The van der Waals surface area contributed by atoms with Gasteiger partial charge in [-0.05, 0) is 43.7 Å². The van der Waals surface area contributed by atoms with E-state index in [-0.39, 0.29) is 0 Å². The molecule has 1 saturated heterocycles. The number of para-hydroxylation sites is 1. The normalized spacial score (nSPS) is 19.4. The Morgan fingerprint density at radius 2 is 2.18 bits per heavy atom. The first-order chi connectivity index (χ1) is 8.45. The van der Waals surface area contributed by atoms with Crippen LogP contribution in [0.25, 0.3) is 0 Å². The van der Waals surface area contributed by atoms with Crippen LogP contribution in [0, 0.1) is 0 Å². The lowest BCUT2D eigenvalue weighted by Gasteiger charge is -2.10. The van der Waals surface area contributed by atoms with E-state index in [0.717, 1.165) is 37.1 Å². The zero-order valence-electron chi connectivity index (χ0n) is 10.2. The second-order valence-electron chi connectivity index (χ2n) is 4.35. The van der Waals surface area contributed by atoms with Crippen molar-refractivity contribution in [2.75, 3.05) is 25.4 Å². The summed E-state index contributed by atoms with van der Waals surface area (Å²) in [7, 11) is 0. The molecule has 0 aliphatic carbocycles. The highest BCUT2D eigenvalue weighted by atomic mass is 32.2. The minimum absolute atomic E-state index is 0.800. The molecule has 0 amide bonds. The second-order valence-corrected chi connectivity index (χ2v) is 5.76. The van der Waals surface area contributed by atoms with Gasteiger partial charge in [-0.15, -0.1) is 0 Å². The van der Waals surface area contributed by atoms with Crippen molar-refractivity contribution in [1.82, 2.24) is 5.32 Å². The Hall–Kier alpha value is -0.670. The fourth-order valence-corrected chi connectivity index (χ4v) is 3.21. The maximum atomic E-state index is 5.63. The van der Waals surface area contributed by atoms with E-state index in [0.29, 0.717) is 0 Å². The van der Waals surface area contributed by atoms with Gasteiger partial charge in [0.1, 0.15) is 5.75 Å². The summed E-state index contributed by atoms with van der Waals surface area (Å²) in [4.78, 5) is 0. The molecular weight excluding hydrogens is 230 g/mol. The summed E-state index contributed by atoms with van der Waals surface area (Å²) in [6.07, 6.45) is 3.86. The van der Waals surface area contributed by atoms with Crippen molar-refractivity contribution in [2.45, 2.75) is 24.5 Å². The fourth-order valence-electron chi connectivity index (χ4n) is 1.97. The molecule has 0 aromatic heterocycles. The molecule has 1 N–H and O–H groups in total. The fraction of sp³-hybridized carbons (Fsp3) is 0.571. The summed E-state index contributed by atoms with van der Waals surface area (Å²) in [6, 6.07) is 10.0. The molecule has 94 valence electrons. The van der Waals surface area contributed by atoms with Crippen molar-refractivity contribution < 1.29 is 4.74 Å². The van der Waals surface area contributed by atoms with E-state index >= 15 is 0 Å². The van der Waals surface area contributed by atoms with Crippen LogP contribution in [0.4, 0.5) is 0 Å². The summed E-state index contributed by atoms with van der Waals surface area (Å²) >= 11 is 2.11. The average Bonchev–Trinajstić information content (AvgIpc) is 2.88. The van der Waals surface area contributed by atoms with Crippen LogP contribution in [0.3, 0.4) is 0 Å². The molecule has 0 spiro atoms. The van der Waals surface area contributed by atoms with E-state index in [1.807, 2.05) is 30.3 Å². The van der Waals surface area contributed by atoms with Gasteiger partial charge in [-0.1, -0.05) is 18.2 Å². The number of hydrogen-bond acceptors (Lipinski definition) is 3. The van der Waals surface area contributed by atoms with Crippen molar-refractivity contribution in [1.29, 1.82) is 0 Å². The number of benzene rings is 1. The topological polar surface area (TPSA) is 21.3 Å². The van der Waals surface area contributed by atoms with E-state index < -0.39 is 0 Å². The van der Waals surface area contributed by atoms with Gasteiger partial charge < -0.3 is 10.1 Å². The quantitative estimate of drug-likeness (QED) is 0.753. The van der Waals surface area contributed by atoms with Crippen LogP contribution in [0.2, 0.25) is 0 Å². The molecule has 1 atom stereocenters. The van der Waals surface area contributed by atoms with Crippen molar-refractivity contribution in [2.24, 2.45) is 0 Å². The van der Waals surface area contributed by atoms with E-state index in [4.69, 9.17) is 4.74 Å². The Kier molecular flexibility index (Phi) is 5.73. The van der Waals surface area contributed by atoms with Crippen LogP contribution in [-0.4, -0.2) is 30.7 Å². The van der Waals surface area contributed by atoms with Gasteiger partial charge in [-0.2, -0.15) is 11.8 Å². The van der Waals surface area contributed by atoms with Crippen LogP contribution < -0.4 is 10.1 Å². The van der Waals surface area contributed by atoms with Gasteiger partial charge in [0.25, 0.3) is 0 Å². The molecule has 1 fully saturated rings. The largest absolute Gasteiger partial charge is 0.494 e. The zero-order chi connectivity index (χ0) is 11.8. The van der Waals surface area contributed by atoms with E-state index in [1.165, 1.54) is 18.6 Å². The molecular formula is C14H21NOS. The molecule has 0 radical (unpaired) electrons. The summed E-state index contributed by atoms with van der Waals surface area (Å²) < 4.78 is 5.63. The third kappa shape index (κ3) is 5.00. The minimum atomic E-state index is 0.800. The first-order valence-corrected chi connectivity index (χ1v) is 7.50. The molecule has 3 heteroatoms. The lowest BCUT2D eigenvalue weighted by atomic mass is 10.2. The van der Waals surface area contributed by atoms with Crippen molar-refractivity contribution >= 4 is 11.8 Å². The van der Waals surface area contributed by atoms with Crippen LogP contribution in [-0.2, 0) is 0 Å². The van der Waals surface area contributed by atoms with Crippen LogP contribution in [0.5, 0.6) is 5.75 Å². The Bertz CT molecular complexity index is 298. The van der Waals surface area contributed by atoms with Gasteiger partial charge in [-0.25, -0.2) is 0 Å². The summed E-state index contributed by atoms with van der Waals surface area (Å²) in [6.45, 7) is 3.02. The highest BCUT2D eigenvalue weighted by molar-refractivity contribution is 8.00. The molecule has 0 bridgehead atoms. The third-order valence-corrected chi connectivity index (χ3v) is 4.30. The molecule has 2 rings (SSSR count). The smallest absolute Gasteiger partial charge is 0.119 e. The summed E-state index contributed by atoms with van der Waals surface area (Å²) in [5.74, 6) is 2.32. The van der Waals surface area contributed by atoms with Crippen molar-refractivity contribution in [3.05, 3.63) is 30.3 Å².